The smallest absolute Gasteiger partial charge is 0.258 e. The minimum Gasteiger partial charge on any atom is -0.491 e. The number of carbonyl (C=O) groups excluding carboxylic acids is 2. The van der Waals surface area contributed by atoms with Crippen molar-refractivity contribution in [3.05, 3.63) is 23.8 Å². The largest absolute Gasteiger partial charge is 0.491 e. The molecular weight excluding hydrogens is 270 g/mol. The van der Waals surface area contributed by atoms with Crippen LogP contribution in [0.2, 0.25) is 0 Å². The van der Waals surface area contributed by atoms with E-state index >= 15 is 0 Å². The van der Waals surface area contributed by atoms with Crippen LogP contribution in [0.1, 0.15) is 30.1 Å². The number of ether oxygens (including phenoxy) is 1. The first-order valence-electron chi connectivity index (χ1n) is 7.14. The second kappa shape index (κ2) is 6.47. The molecule has 0 aliphatic carbocycles. The van der Waals surface area contributed by atoms with Crippen LogP contribution in [-0.4, -0.2) is 43.0 Å². The van der Waals surface area contributed by atoms with Crippen LogP contribution < -0.4 is 15.8 Å². The summed E-state index contributed by atoms with van der Waals surface area (Å²) in [4.78, 5) is 26.2. The van der Waals surface area contributed by atoms with Gasteiger partial charge in [0.2, 0.25) is 5.91 Å². The van der Waals surface area contributed by atoms with Crippen molar-refractivity contribution in [2.45, 2.75) is 25.8 Å². The highest BCUT2D eigenvalue weighted by atomic mass is 16.5. The molecule has 2 amide bonds. The summed E-state index contributed by atoms with van der Waals surface area (Å²) in [5.41, 5.74) is 6.73. The number of carbonyl (C=O) groups is 2. The van der Waals surface area contributed by atoms with Gasteiger partial charge < -0.3 is 20.7 Å². The lowest BCUT2D eigenvalue weighted by molar-refractivity contribution is -0.124. The average Bonchev–Trinajstić information content (AvgIpc) is 2.97. The number of benzene rings is 1. The third-order valence-corrected chi connectivity index (χ3v) is 3.63. The van der Waals surface area contributed by atoms with Crippen molar-refractivity contribution in [3.63, 3.8) is 0 Å². The molecule has 0 aromatic heterocycles. The highest BCUT2D eigenvalue weighted by Gasteiger charge is 2.35. The van der Waals surface area contributed by atoms with E-state index in [1.165, 1.54) is 0 Å². The van der Waals surface area contributed by atoms with Gasteiger partial charge in [-0.05, 0) is 31.9 Å². The summed E-state index contributed by atoms with van der Waals surface area (Å²) in [5.74, 6) is 0.0483. The summed E-state index contributed by atoms with van der Waals surface area (Å²) in [5, 5.41) is 2.61. The molecule has 1 aromatic rings. The summed E-state index contributed by atoms with van der Waals surface area (Å²) in [7, 11) is 1.58. The molecule has 1 unspecified atom stereocenters. The van der Waals surface area contributed by atoms with E-state index in [1.807, 2.05) is 6.92 Å². The van der Waals surface area contributed by atoms with Crippen LogP contribution in [0, 0.1) is 0 Å². The fourth-order valence-corrected chi connectivity index (χ4v) is 2.63. The maximum atomic E-state index is 12.7. The summed E-state index contributed by atoms with van der Waals surface area (Å²) < 4.78 is 5.50. The molecule has 6 heteroatoms. The lowest BCUT2D eigenvalue weighted by atomic mass is 10.1. The zero-order valence-electron chi connectivity index (χ0n) is 12.4. The first kappa shape index (κ1) is 15.2. The zero-order chi connectivity index (χ0) is 15.4. The molecule has 0 saturated carbocycles. The Bertz CT molecular complexity index is 545. The van der Waals surface area contributed by atoms with Crippen molar-refractivity contribution in [1.29, 1.82) is 0 Å². The lowest BCUT2D eigenvalue weighted by Gasteiger charge is -2.24. The van der Waals surface area contributed by atoms with Gasteiger partial charge in [-0.3, -0.25) is 9.59 Å². The molecule has 0 radical (unpaired) electrons. The van der Waals surface area contributed by atoms with Crippen LogP contribution in [-0.2, 0) is 4.79 Å². The number of para-hydroxylation sites is 1. The van der Waals surface area contributed by atoms with Gasteiger partial charge >= 0.3 is 0 Å². The van der Waals surface area contributed by atoms with Gasteiger partial charge in [-0.25, -0.2) is 0 Å². The fourth-order valence-electron chi connectivity index (χ4n) is 2.63. The first-order chi connectivity index (χ1) is 10.1. The van der Waals surface area contributed by atoms with Gasteiger partial charge in [0, 0.05) is 13.6 Å². The van der Waals surface area contributed by atoms with Crippen LogP contribution in [0.4, 0.5) is 5.69 Å². The van der Waals surface area contributed by atoms with Gasteiger partial charge in [-0.2, -0.15) is 0 Å². The topological polar surface area (TPSA) is 84.7 Å². The molecule has 1 fully saturated rings. The van der Waals surface area contributed by atoms with Gasteiger partial charge in [0.05, 0.1) is 17.9 Å². The van der Waals surface area contributed by atoms with Crippen molar-refractivity contribution in [3.8, 4) is 5.75 Å². The predicted molar refractivity (Wildman–Crippen MR) is 80.1 cm³/mol. The molecule has 21 heavy (non-hydrogen) atoms. The molecule has 1 heterocycles. The van der Waals surface area contributed by atoms with Crippen LogP contribution in [0.3, 0.4) is 0 Å². The number of likely N-dealkylation sites (tertiary alicyclic amines) is 1. The monoisotopic (exact) mass is 291 g/mol. The van der Waals surface area contributed by atoms with Crippen LogP contribution in [0.25, 0.3) is 0 Å². The average molecular weight is 291 g/mol. The molecule has 1 aromatic carbocycles. The van der Waals surface area contributed by atoms with Crippen LogP contribution in [0.5, 0.6) is 5.75 Å². The first-order valence-corrected chi connectivity index (χ1v) is 7.14. The van der Waals surface area contributed by atoms with Crippen LogP contribution in [0.15, 0.2) is 18.2 Å². The Hall–Kier alpha value is -2.24. The third kappa shape index (κ3) is 2.94. The highest BCUT2D eigenvalue weighted by Crippen LogP contribution is 2.30. The van der Waals surface area contributed by atoms with E-state index in [9.17, 15) is 9.59 Å². The molecule has 114 valence electrons. The van der Waals surface area contributed by atoms with Gasteiger partial charge in [0.25, 0.3) is 5.91 Å². The number of nitrogen functional groups attached to an aromatic ring is 1. The van der Waals surface area contributed by atoms with Gasteiger partial charge in [0.1, 0.15) is 6.04 Å². The molecular formula is C15H21N3O3. The van der Waals surface area contributed by atoms with E-state index in [-0.39, 0.29) is 11.8 Å². The van der Waals surface area contributed by atoms with Crippen LogP contribution >= 0.6 is 0 Å². The Morgan fingerprint density at radius 2 is 2.24 bits per heavy atom. The Balaban J connectivity index is 2.31. The molecule has 1 aliphatic rings. The van der Waals surface area contributed by atoms with E-state index in [0.717, 1.165) is 6.42 Å². The maximum Gasteiger partial charge on any atom is 0.258 e. The molecule has 1 atom stereocenters. The summed E-state index contributed by atoms with van der Waals surface area (Å²) in [6.07, 6.45) is 1.49. The Morgan fingerprint density at radius 1 is 1.48 bits per heavy atom. The molecule has 6 nitrogen and oxygen atoms in total. The fraction of sp³-hybridized carbons (Fsp3) is 0.467. The minimum atomic E-state index is -0.418. The van der Waals surface area contributed by atoms with E-state index in [1.54, 1.807) is 30.1 Å². The summed E-state index contributed by atoms with van der Waals surface area (Å²) in [6.45, 7) is 2.83. The number of likely N-dealkylation sites (N-methyl/N-ethyl adjacent to an activating group) is 1. The van der Waals surface area contributed by atoms with E-state index in [4.69, 9.17) is 10.5 Å². The lowest BCUT2D eigenvalue weighted by Crippen LogP contribution is -2.45. The second-order valence-electron chi connectivity index (χ2n) is 4.93. The van der Waals surface area contributed by atoms with Crippen molar-refractivity contribution < 1.29 is 14.3 Å². The SMILES string of the molecule is CCOc1c(N)cccc1C(=O)N1CCCC1C(=O)NC. The predicted octanol–water partition coefficient (Wildman–Crippen LogP) is 1.02. The number of anilines is 1. The number of hydrogen-bond donors (Lipinski definition) is 2. The number of rotatable bonds is 4. The Labute approximate surface area is 124 Å². The third-order valence-electron chi connectivity index (χ3n) is 3.63. The van der Waals surface area contributed by atoms with E-state index in [0.29, 0.717) is 36.6 Å². The number of nitrogens with one attached hydrogen (secondary N) is 1. The van der Waals surface area contributed by atoms with Gasteiger partial charge in [0.15, 0.2) is 5.75 Å². The summed E-state index contributed by atoms with van der Waals surface area (Å²) >= 11 is 0. The highest BCUT2D eigenvalue weighted by molar-refractivity contribution is 6.01. The molecule has 1 aliphatic heterocycles. The van der Waals surface area contributed by atoms with Crippen molar-refractivity contribution in [2.24, 2.45) is 0 Å². The molecule has 1 saturated heterocycles. The Morgan fingerprint density at radius 3 is 2.90 bits per heavy atom. The molecule has 0 bridgehead atoms. The maximum absolute atomic E-state index is 12.7. The molecule has 2 rings (SSSR count). The van der Waals surface area contributed by atoms with Gasteiger partial charge in [-0.1, -0.05) is 6.07 Å². The second-order valence-corrected chi connectivity index (χ2v) is 4.93. The molecule has 0 spiro atoms. The normalized spacial score (nSPS) is 17.6. The van der Waals surface area contributed by atoms with E-state index in [2.05, 4.69) is 5.32 Å². The van der Waals surface area contributed by atoms with Crippen molar-refractivity contribution >= 4 is 17.5 Å². The number of hydrogen-bond acceptors (Lipinski definition) is 4. The summed E-state index contributed by atoms with van der Waals surface area (Å²) in [6, 6.07) is 4.68. The van der Waals surface area contributed by atoms with E-state index < -0.39 is 6.04 Å². The standard InChI is InChI=1S/C15H21N3O3/c1-3-21-13-10(6-4-7-11(13)16)15(20)18-9-5-8-12(18)14(19)17-2/h4,6-7,12H,3,5,8-9,16H2,1-2H3,(H,17,19). The van der Waals surface area contributed by atoms with Crippen molar-refractivity contribution in [1.82, 2.24) is 10.2 Å². The number of nitrogens with two attached hydrogens (primary N) is 1. The molecule has 3 N–H and O–H groups in total. The number of nitrogens with zero attached hydrogens (tertiary/aromatic N) is 1. The zero-order valence-corrected chi connectivity index (χ0v) is 12.4. The number of amides is 2. The van der Waals surface area contributed by atoms with Crippen molar-refractivity contribution in [2.75, 3.05) is 25.9 Å². The minimum absolute atomic E-state index is 0.136. The quantitative estimate of drug-likeness (QED) is 0.811. The Kier molecular flexibility index (Phi) is 4.67. The van der Waals surface area contributed by atoms with Gasteiger partial charge in [-0.15, -0.1) is 0 Å².